The van der Waals surface area contributed by atoms with Gasteiger partial charge in [-0.15, -0.1) is 13.2 Å². The van der Waals surface area contributed by atoms with Crippen molar-refractivity contribution in [1.29, 1.82) is 0 Å². The Morgan fingerprint density at radius 1 is 1.17 bits per heavy atom. The van der Waals surface area contributed by atoms with E-state index in [2.05, 4.69) is 20.6 Å². The van der Waals surface area contributed by atoms with E-state index in [9.17, 15) is 23.1 Å². The summed E-state index contributed by atoms with van der Waals surface area (Å²) in [4.78, 5) is 16.0. The van der Waals surface area contributed by atoms with Gasteiger partial charge in [-0.1, -0.05) is 12.1 Å². The number of methoxy groups -OCH3 is 1. The van der Waals surface area contributed by atoms with Gasteiger partial charge in [-0.25, -0.2) is 5.43 Å². The largest absolute Gasteiger partial charge is 0.573 e. The number of benzene rings is 1. The first kappa shape index (κ1) is 22.0. The summed E-state index contributed by atoms with van der Waals surface area (Å²) >= 11 is 0. The van der Waals surface area contributed by atoms with Crippen molar-refractivity contribution in [2.75, 3.05) is 7.11 Å². The highest BCUT2D eigenvalue weighted by Gasteiger charge is 2.41. The number of hydrazine groups is 1. The third-order valence-corrected chi connectivity index (χ3v) is 5.07. The van der Waals surface area contributed by atoms with Crippen LogP contribution in [-0.4, -0.2) is 41.8 Å². The Hall–Kier alpha value is -2.69. The number of halogens is 3. The number of alkyl halides is 3. The predicted molar refractivity (Wildman–Crippen MR) is 100.0 cm³/mol. The van der Waals surface area contributed by atoms with Gasteiger partial charge in [-0.2, -0.15) is 0 Å². The van der Waals surface area contributed by atoms with E-state index in [0.29, 0.717) is 6.42 Å². The highest BCUT2D eigenvalue weighted by molar-refractivity contribution is 5.70. The number of rotatable bonds is 7. The van der Waals surface area contributed by atoms with Gasteiger partial charge < -0.3 is 14.6 Å². The number of carbonyl (C=O) groups excluding carboxylic acids is 1. The number of aliphatic hydroxyl groups excluding tert-OH is 1. The van der Waals surface area contributed by atoms with Gasteiger partial charge in [-0.05, 0) is 41.8 Å². The van der Waals surface area contributed by atoms with Crippen molar-refractivity contribution >= 4 is 5.97 Å². The second kappa shape index (κ2) is 9.41. The van der Waals surface area contributed by atoms with Gasteiger partial charge in [-0.3, -0.25) is 15.2 Å². The summed E-state index contributed by atoms with van der Waals surface area (Å²) in [6.45, 7) is 0. The Morgan fingerprint density at radius 3 is 2.43 bits per heavy atom. The van der Waals surface area contributed by atoms with E-state index in [0.717, 1.165) is 11.1 Å². The van der Waals surface area contributed by atoms with Gasteiger partial charge in [0.15, 0.2) is 0 Å². The molecular formula is C20H22F3N3O4. The highest BCUT2D eigenvalue weighted by atomic mass is 19.4. The second-order valence-corrected chi connectivity index (χ2v) is 6.98. The van der Waals surface area contributed by atoms with Crippen LogP contribution in [0.3, 0.4) is 0 Å². The van der Waals surface area contributed by atoms with Crippen LogP contribution < -0.4 is 15.6 Å². The standard InChI is InChI=1S/C20H22F3N3O4/c1-29-17(27)11-15(13-6-8-24-9-7-13)18-16(25-26-19(18)28)10-12-2-4-14(5-3-12)30-20(21,22)23/h2-9,15-16,18-19,25-26,28H,10-11H2,1H3. The molecule has 0 amide bonds. The molecule has 0 saturated carbocycles. The van der Waals surface area contributed by atoms with Gasteiger partial charge >= 0.3 is 12.3 Å². The van der Waals surface area contributed by atoms with Crippen molar-refractivity contribution in [3.8, 4) is 5.75 Å². The summed E-state index contributed by atoms with van der Waals surface area (Å²) in [6, 6.07) is 8.81. The number of esters is 1. The van der Waals surface area contributed by atoms with Crippen molar-refractivity contribution < 1.29 is 32.5 Å². The molecule has 4 unspecified atom stereocenters. The first-order valence-corrected chi connectivity index (χ1v) is 9.27. The molecule has 0 bridgehead atoms. The molecule has 1 fully saturated rings. The minimum absolute atomic E-state index is 0.0560. The number of nitrogens with zero attached hydrogens (tertiary/aromatic N) is 1. The zero-order valence-electron chi connectivity index (χ0n) is 16.1. The summed E-state index contributed by atoms with van der Waals surface area (Å²) in [5.74, 6) is -1.49. The van der Waals surface area contributed by atoms with E-state index < -0.39 is 24.5 Å². The number of nitrogens with one attached hydrogen (secondary N) is 2. The third kappa shape index (κ3) is 5.68. The summed E-state index contributed by atoms with van der Waals surface area (Å²) in [5.41, 5.74) is 7.38. The summed E-state index contributed by atoms with van der Waals surface area (Å²) < 4.78 is 45.7. The van der Waals surface area contributed by atoms with Crippen molar-refractivity contribution in [2.45, 2.75) is 37.4 Å². The van der Waals surface area contributed by atoms with Gasteiger partial charge in [0.05, 0.1) is 13.5 Å². The highest BCUT2D eigenvalue weighted by Crippen LogP contribution is 2.36. The van der Waals surface area contributed by atoms with Crippen LogP contribution in [0.5, 0.6) is 5.75 Å². The maximum Gasteiger partial charge on any atom is 0.573 e. The van der Waals surface area contributed by atoms with Crippen molar-refractivity contribution in [1.82, 2.24) is 15.8 Å². The minimum Gasteiger partial charge on any atom is -0.469 e. The van der Waals surface area contributed by atoms with Gasteiger partial charge in [0.2, 0.25) is 0 Å². The van der Waals surface area contributed by atoms with Gasteiger partial charge in [0.25, 0.3) is 0 Å². The fourth-order valence-electron chi connectivity index (χ4n) is 3.72. The lowest BCUT2D eigenvalue weighted by molar-refractivity contribution is -0.274. The molecule has 2 aromatic rings. The van der Waals surface area contributed by atoms with E-state index in [4.69, 9.17) is 4.74 Å². The summed E-state index contributed by atoms with van der Waals surface area (Å²) in [5, 5.41) is 10.5. The number of ether oxygens (including phenoxy) is 2. The van der Waals surface area contributed by atoms with Crippen LogP contribution >= 0.6 is 0 Å². The lowest BCUT2D eigenvalue weighted by Crippen LogP contribution is -2.36. The molecule has 1 aliphatic heterocycles. The predicted octanol–water partition coefficient (Wildman–Crippen LogP) is 2.28. The Bertz CT molecular complexity index is 833. The average molecular weight is 425 g/mol. The Balaban J connectivity index is 1.79. The molecule has 30 heavy (non-hydrogen) atoms. The lowest BCUT2D eigenvalue weighted by Gasteiger charge is -2.29. The fraction of sp³-hybridized carbons (Fsp3) is 0.400. The molecule has 0 radical (unpaired) electrons. The Labute approximate surface area is 171 Å². The molecule has 1 saturated heterocycles. The first-order valence-electron chi connectivity index (χ1n) is 9.27. The van der Waals surface area contributed by atoms with Crippen LogP contribution in [0.4, 0.5) is 13.2 Å². The van der Waals surface area contributed by atoms with Gasteiger partial charge in [0, 0.05) is 30.3 Å². The molecule has 1 aliphatic rings. The molecule has 3 rings (SSSR count). The molecule has 1 aromatic heterocycles. The van der Waals surface area contributed by atoms with Crippen molar-refractivity contribution in [2.24, 2.45) is 5.92 Å². The second-order valence-electron chi connectivity index (χ2n) is 6.98. The zero-order valence-corrected chi connectivity index (χ0v) is 16.1. The fourth-order valence-corrected chi connectivity index (χ4v) is 3.72. The smallest absolute Gasteiger partial charge is 0.469 e. The third-order valence-electron chi connectivity index (χ3n) is 5.07. The van der Waals surface area contributed by atoms with E-state index >= 15 is 0 Å². The molecular weight excluding hydrogens is 403 g/mol. The molecule has 3 N–H and O–H groups in total. The quantitative estimate of drug-likeness (QED) is 0.586. The number of aliphatic hydroxyl groups is 1. The number of carbonyl (C=O) groups is 1. The minimum atomic E-state index is -4.75. The van der Waals surface area contributed by atoms with Gasteiger partial charge in [0.1, 0.15) is 12.0 Å². The topological polar surface area (TPSA) is 92.7 Å². The van der Waals surface area contributed by atoms with Crippen LogP contribution in [0, 0.1) is 5.92 Å². The zero-order chi connectivity index (χ0) is 21.7. The number of hydrogen-bond acceptors (Lipinski definition) is 7. The van der Waals surface area contributed by atoms with E-state index in [1.54, 1.807) is 24.5 Å². The number of hydrogen-bond donors (Lipinski definition) is 3. The maximum atomic E-state index is 12.3. The Morgan fingerprint density at radius 2 is 1.83 bits per heavy atom. The molecule has 7 nitrogen and oxygen atoms in total. The van der Waals surface area contributed by atoms with E-state index in [-0.39, 0.29) is 24.1 Å². The van der Waals surface area contributed by atoms with Crippen molar-refractivity contribution in [3.63, 3.8) is 0 Å². The molecule has 2 heterocycles. The molecule has 10 heteroatoms. The van der Waals surface area contributed by atoms with Crippen LogP contribution in [0.1, 0.15) is 23.5 Å². The SMILES string of the molecule is COC(=O)CC(c1ccncc1)C1C(O)NNC1Cc1ccc(OC(F)(F)F)cc1. The van der Waals surface area contributed by atoms with Crippen LogP contribution in [-0.2, 0) is 16.0 Å². The summed E-state index contributed by atoms with van der Waals surface area (Å²) in [7, 11) is 1.30. The lowest BCUT2D eigenvalue weighted by atomic mass is 9.78. The molecule has 0 aliphatic carbocycles. The summed E-state index contributed by atoms with van der Waals surface area (Å²) in [6.07, 6.45) is -2.01. The monoisotopic (exact) mass is 425 g/mol. The average Bonchev–Trinajstić information content (AvgIpc) is 3.07. The van der Waals surface area contributed by atoms with E-state index in [1.165, 1.54) is 31.4 Å². The number of aromatic nitrogens is 1. The van der Waals surface area contributed by atoms with Crippen LogP contribution in [0.15, 0.2) is 48.8 Å². The molecule has 1 aromatic carbocycles. The van der Waals surface area contributed by atoms with Crippen LogP contribution in [0.2, 0.25) is 0 Å². The molecule has 0 spiro atoms. The van der Waals surface area contributed by atoms with Crippen molar-refractivity contribution in [3.05, 3.63) is 59.9 Å². The maximum absolute atomic E-state index is 12.3. The van der Waals surface area contributed by atoms with E-state index in [1.807, 2.05) is 0 Å². The number of pyridine rings is 1. The molecule has 162 valence electrons. The first-order chi connectivity index (χ1) is 14.3. The van der Waals surface area contributed by atoms with Crippen LogP contribution in [0.25, 0.3) is 0 Å². The normalized spacial score (nSPS) is 22.5. The molecule has 4 atom stereocenters. The Kier molecular flexibility index (Phi) is 6.91.